The smallest absolute Gasteiger partial charge is 0.303 e. The first-order chi connectivity index (χ1) is 19.7. The van der Waals surface area contributed by atoms with E-state index in [1.807, 2.05) is 13.8 Å². The quantitative estimate of drug-likeness (QED) is 0.162. The zero-order valence-electron chi connectivity index (χ0n) is 25.3. The maximum absolute atomic E-state index is 12.5. The van der Waals surface area contributed by atoms with Crippen LogP contribution in [0.5, 0.6) is 5.75 Å². The van der Waals surface area contributed by atoms with Gasteiger partial charge in [0.1, 0.15) is 11.9 Å². The van der Waals surface area contributed by atoms with Crippen LogP contribution in [0, 0.1) is 19.3 Å². The van der Waals surface area contributed by atoms with Crippen LogP contribution in [0.1, 0.15) is 58.6 Å². The molecule has 3 N–H and O–H groups in total. The predicted molar refractivity (Wildman–Crippen MR) is 149 cm³/mol. The number of hydrogen-bond acceptors (Lipinski definition) is 12. The maximum atomic E-state index is 12.5. The Kier molecular flexibility index (Phi) is 13.2. The second kappa shape index (κ2) is 15.8. The fourth-order valence-corrected chi connectivity index (χ4v) is 4.28. The van der Waals surface area contributed by atoms with E-state index in [0.717, 1.165) is 11.1 Å². The lowest BCUT2D eigenvalue weighted by Gasteiger charge is -2.40. The van der Waals surface area contributed by atoms with Crippen LogP contribution >= 0.6 is 0 Å². The molecule has 1 saturated heterocycles. The Hall–Kier alpha value is -3.26. The molecule has 1 heterocycles. The first-order valence-corrected chi connectivity index (χ1v) is 13.7. The van der Waals surface area contributed by atoms with Crippen LogP contribution in [0.25, 0.3) is 0 Å². The van der Waals surface area contributed by atoms with E-state index in [4.69, 9.17) is 28.4 Å². The number of esters is 3. The summed E-state index contributed by atoms with van der Waals surface area (Å²) in [6, 6.07) is 3.55. The monoisotopic (exact) mass is 597 g/mol. The minimum absolute atomic E-state index is 0.115. The molecule has 13 heteroatoms. The summed E-state index contributed by atoms with van der Waals surface area (Å²) in [5, 5.41) is 22.4. The van der Waals surface area contributed by atoms with Gasteiger partial charge in [0, 0.05) is 31.9 Å². The molecule has 236 valence electrons. The Balaban J connectivity index is 1.90. The van der Waals surface area contributed by atoms with Crippen LogP contribution in [0.3, 0.4) is 0 Å². The lowest BCUT2D eigenvalue weighted by molar-refractivity contribution is -0.281. The van der Waals surface area contributed by atoms with Crippen molar-refractivity contribution < 1.29 is 57.8 Å². The van der Waals surface area contributed by atoms with Crippen LogP contribution in [-0.2, 0) is 42.9 Å². The number of unbranched alkanes of at least 4 members (excludes halogenated alkanes) is 1. The number of hydrogen-bond donors (Lipinski definition) is 3. The second-order valence-corrected chi connectivity index (χ2v) is 10.9. The number of carbonyl (C=O) groups is 4. The molecule has 0 radical (unpaired) electrons. The van der Waals surface area contributed by atoms with Gasteiger partial charge in [0.05, 0.1) is 26.4 Å². The summed E-state index contributed by atoms with van der Waals surface area (Å²) >= 11 is 0. The van der Waals surface area contributed by atoms with Gasteiger partial charge in [-0.2, -0.15) is 0 Å². The van der Waals surface area contributed by atoms with Crippen molar-refractivity contribution in [2.45, 2.75) is 92.0 Å². The van der Waals surface area contributed by atoms with Crippen molar-refractivity contribution in [1.82, 2.24) is 0 Å². The summed E-state index contributed by atoms with van der Waals surface area (Å²) in [5.41, 5.74) is 1.07. The van der Waals surface area contributed by atoms with Crippen molar-refractivity contribution in [2.24, 2.45) is 5.41 Å². The molecular weight excluding hydrogens is 554 g/mol. The number of aryl methyl sites for hydroxylation is 2. The largest absolute Gasteiger partial charge is 0.494 e. The molecule has 1 unspecified atom stereocenters. The number of aliphatic hydroxyl groups excluding tert-OH is 2. The number of rotatable bonds is 14. The summed E-state index contributed by atoms with van der Waals surface area (Å²) in [6.07, 6.45) is -4.46. The third kappa shape index (κ3) is 10.2. The first-order valence-electron chi connectivity index (χ1n) is 13.7. The zero-order valence-corrected chi connectivity index (χ0v) is 25.3. The Morgan fingerprint density at radius 3 is 2.05 bits per heavy atom. The molecule has 13 nitrogen and oxygen atoms in total. The van der Waals surface area contributed by atoms with Gasteiger partial charge in [0.2, 0.25) is 0 Å². The minimum Gasteiger partial charge on any atom is -0.494 e. The van der Waals surface area contributed by atoms with Crippen molar-refractivity contribution in [3.8, 4) is 5.75 Å². The maximum Gasteiger partial charge on any atom is 0.303 e. The van der Waals surface area contributed by atoms with E-state index in [9.17, 15) is 29.4 Å². The third-order valence-electron chi connectivity index (χ3n) is 6.54. The van der Waals surface area contributed by atoms with Crippen LogP contribution in [0.2, 0.25) is 0 Å². The van der Waals surface area contributed by atoms with Gasteiger partial charge in [0.15, 0.2) is 24.6 Å². The van der Waals surface area contributed by atoms with Crippen molar-refractivity contribution in [3.05, 3.63) is 23.3 Å². The van der Waals surface area contributed by atoms with Crippen molar-refractivity contribution in [1.29, 1.82) is 0 Å². The summed E-state index contributed by atoms with van der Waals surface area (Å²) in [6.45, 7) is 10.5. The van der Waals surface area contributed by atoms with E-state index in [0.29, 0.717) is 30.9 Å². The number of ether oxygens (including phenoxy) is 6. The van der Waals surface area contributed by atoms with Crippen molar-refractivity contribution in [3.63, 3.8) is 0 Å². The number of carbonyl (C=O) groups excluding carboxylic acids is 4. The molecule has 1 fully saturated rings. The number of amides is 1. The highest BCUT2D eigenvalue weighted by Crippen LogP contribution is 2.29. The second-order valence-electron chi connectivity index (χ2n) is 10.9. The molecule has 42 heavy (non-hydrogen) atoms. The Bertz CT molecular complexity index is 1080. The highest BCUT2D eigenvalue weighted by Gasteiger charge is 2.47. The molecule has 2 rings (SSSR count). The Morgan fingerprint density at radius 1 is 0.952 bits per heavy atom. The van der Waals surface area contributed by atoms with Gasteiger partial charge < -0.3 is 44.0 Å². The average Bonchev–Trinajstić information content (AvgIpc) is 2.89. The van der Waals surface area contributed by atoms with Crippen LogP contribution in [0.4, 0.5) is 5.69 Å². The lowest BCUT2D eigenvalue weighted by Crippen LogP contribution is -2.58. The van der Waals surface area contributed by atoms with Gasteiger partial charge in [-0.05, 0) is 49.9 Å². The van der Waals surface area contributed by atoms with E-state index in [-0.39, 0.29) is 19.8 Å². The lowest BCUT2D eigenvalue weighted by atomic mass is 9.87. The van der Waals surface area contributed by atoms with Crippen molar-refractivity contribution in [2.75, 3.05) is 31.7 Å². The van der Waals surface area contributed by atoms with Gasteiger partial charge in [-0.1, -0.05) is 13.8 Å². The fraction of sp³-hybridized carbons (Fsp3) is 0.655. The van der Waals surface area contributed by atoms with E-state index in [1.165, 1.54) is 20.8 Å². The minimum atomic E-state index is -1.38. The number of anilines is 1. The molecule has 0 aromatic heterocycles. The SMILES string of the molecule is CC(=O)O[C@@H]1[C@@H](OC(C)=O)[C@H](OCCCCOc2cc(C)c(NC(=O)C(O)C(C)(C)CO)c(C)c2)OC[C@H]1OC(C)=O. The molecule has 1 aliphatic rings. The van der Waals surface area contributed by atoms with Gasteiger partial charge in [-0.25, -0.2) is 0 Å². The summed E-state index contributed by atoms with van der Waals surface area (Å²) in [7, 11) is 0. The highest BCUT2D eigenvalue weighted by atomic mass is 16.7. The normalized spacial score (nSPS) is 21.2. The first kappa shape index (κ1) is 34.9. The molecule has 0 bridgehead atoms. The molecule has 0 saturated carbocycles. The van der Waals surface area contributed by atoms with Crippen LogP contribution in [-0.4, -0.2) is 91.2 Å². The highest BCUT2D eigenvalue weighted by molar-refractivity contribution is 5.96. The van der Waals surface area contributed by atoms with Crippen molar-refractivity contribution >= 4 is 29.5 Å². The van der Waals surface area contributed by atoms with Gasteiger partial charge in [0.25, 0.3) is 5.91 Å². The van der Waals surface area contributed by atoms with Crippen LogP contribution < -0.4 is 10.1 Å². The average molecular weight is 598 g/mol. The van der Waals surface area contributed by atoms with E-state index in [2.05, 4.69) is 5.32 Å². The molecule has 1 aliphatic heterocycles. The summed E-state index contributed by atoms with van der Waals surface area (Å²) in [4.78, 5) is 47.4. The Labute approximate surface area is 245 Å². The molecule has 5 atom stereocenters. The molecule has 1 aromatic carbocycles. The zero-order chi connectivity index (χ0) is 31.6. The summed E-state index contributed by atoms with van der Waals surface area (Å²) < 4.78 is 33.1. The molecule has 0 aliphatic carbocycles. The topological polar surface area (TPSA) is 176 Å². The number of nitrogens with one attached hydrogen (secondary N) is 1. The molecule has 1 amide bonds. The molecular formula is C29H43NO12. The van der Waals surface area contributed by atoms with Gasteiger partial charge in [-0.15, -0.1) is 0 Å². The molecule has 0 spiro atoms. The molecule has 1 aromatic rings. The predicted octanol–water partition coefficient (Wildman–Crippen LogP) is 1.95. The fourth-order valence-electron chi connectivity index (χ4n) is 4.28. The third-order valence-corrected chi connectivity index (χ3v) is 6.54. The van der Waals surface area contributed by atoms with E-state index < -0.39 is 59.9 Å². The standard InChI is InChI=1S/C29H43NO12/c1-16-12-21(13-17(2)23(16)30-27(36)26(35)29(6,7)15-31)37-10-8-9-11-38-28-25(42-20(5)34)24(41-19(4)33)22(14-39-28)40-18(3)32/h12-13,22,24-26,28,31,35H,8-11,14-15H2,1-7H3,(H,30,36)/t22-,24+,25-,26?,28-/m1/s1. The number of benzene rings is 1. The van der Waals surface area contributed by atoms with E-state index in [1.54, 1.807) is 26.0 Å². The van der Waals surface area contributed by atoms with E-state index >= 15 is 0 Å². The van der Waals surface area contributed by atoms with Gasteiger partial charge in [-0.3, -0.25) is 19.2 Å². The van der Waals surface area contributed by atoms with Gasteiger partial charge >= 0.3 is 17.9 Å². The van der Waals surface area contributed by atoms with Crippen LogP contribution in [0.15, 0.2) is 12.1 Å². The Morgan fingerprint density at radius 2 is 1.50 bits per heavy atom. The summed E-state index contributed by atoms with van der Waals surface area (Å²) in [5.74, 6) is -1.89. The number of aliphatic hydroxyl groups is 2.